The van der Waals surface area contributed by atoms with Crippen LogP contribution in [-0.2, 0) is 30.7 Å². The fourth-order valence-electron chi connectivity index (χ4n) is 4.23. The van der Waals surface area contributed by atoms with Crippen molar-refractivity contribution in [3.8, 4) is 0 Å². The van der Waals surface area contributed by atoms with Crippen LogP contribution >= 0.6 is 0 Å². The number of rotatable bonds is 6. The highest BCUT2D eigenvalue weighted by Crippen LogP contribution is 2.28. The van der Waals surface area contributed by atoms with Crippen molar-refractivity contribution >= 4 is 11.6 Å². The van der Waals surface area contributed by atoms with E-state index in [1.54, 1.807) is 7.11 Å². The molecule has 2 aliphatic rings. The lowest BCUT2D eigenvalue weighted by Crippen LogP contribution is -2.50. The van der Waals surface area contributed by atoms with E-state index in [0.717, 1.165) is 56.5 Å². The van der Waals surface area contributed by atoms with Crippen molar-refractivity contribution in [3.63, 3.8) is 0 Å². The Balaban J connectivity index is 1.30. The minimum absolute atomic E-state index is 0.286. The van der Waals surface area contributed by atoms with Crippen LogP contribution < -0.4 is 15.5 Å². The maximum Gasteiger partial charge on any atom is 0.191 e. The third-order valence-electron chi connectivity index (χ3n) is 5.76. The van der Waals surface area contributed by atoms with Crippen LogP contribution in [0.1, 0.15) is 30.6 Å². The van der Waals surface area contributed by atoms with Crippen LogP contribution in [0, 0.1) is 0 Å². The number of aromatic nitrogens is 3. The summed E-state index contributed by atoms with van der Waals surface area (Å²) in [6.07, 6.45) is 3.05. The molecular weight excluding hydrogens is 366 g/mol. The SMILES string of the molecule is CN=C(NCC(C)N1CCc2ccccc21)NC1CCc2nc(COC)nn2C1. The molecular formula is C21H31N7O. The summed E-state index contributed by atoms with van der Waals surface area (Å²) in [5, 5.41) is 11.6. The van der Waals surface area contributed by atoms with Gasteiger partial charge in [-0.05, 0) is 31.4 Å². The van der Waals surface area contributed by atoms with Gasteiger partial charge in [0.1, 0.15) is 12.4 Å². The molecule has 0 saturated heterocycles. The monoisotopic (exact) mass is 397 g/mol. The van der Waals surface area contributed by atoms with Gasteiger partial charge >= 0.3 is 0 Å². The number of anilines is 1. The second-order valence-electron chi connectivity index (χ2n) is 7.81. The first kappa shape index (κ1) is 19.7. The predicted octanol–water partition coefficient (Wildman–Crippen LogP) is 1.36. The highest BCUT2D eigenvalue weighted by Gasteiger charge is 2.24. The molecule has 2 unspecified atom stereocenters. The van der Waals surface area contributed by atoms with Crippen LogP contribution in [0.15, 0.2) is 29.3 Å². The number of hydrogen-bond donors (Lipinski definition) is 2. The first-order valence-corrected chi connectivity index (χ1v) is 10.4. The van der Waals surface area contributed by atoms with E-state index in [0.29, 0.717) is 12.6 Å². The molecule has 2 aromatic rings. The summed E-state index contributed by atoms with van der Waals surface area (Å²) in [4.78, 5) is 11.5. The number of nitrogens with one attached hydrogen (secondary N) is 2. The van der Waals surface area contributed by atoms with Gasteiger partial charge in [0.15, 0.2) is 11.8 Å². The molecule has 0 aliphatic carbocycles. The molecule has 29 heavy (non-hydrogen) atoms. The van der Waals surface area contributed by atoms with Crippen molar-refractivity contribution in [2.75, 3.05) is 32.1 Å². The quantitative estimate of drug-likeness (QED) is 0.566. The van der Waals surface area contributed by atoms with Crippen molar-refractivity contribution < 1.29 is 4.74 Å². The zero-order chi connectivity index (χ0) is 20.2. The van der Waals surface area contributed by atoms with E-state index in [-0.39, 0.29) is 6.04 Å². The zero-order valence-electron chi connectivity index (χ0n) is 17.6. The molecule has 1 aromatic carbocycles. The molecule has 0 radical (unpaired) electrons. The topological polar surface area (TPSA) is 79.6 Å². The lowest BCUT2D eigenvalue weighted by atomic mass is 10.1. The summed E-state index contributed by atoms with van der Waals surface area (Å²) < 4.78 is 7.14. The molecule has 8 nitrogen and oxygen atoms in total. The first-order valence-electron chi connectivity index (χ1n) is 10.4. The van der Waals surface area contributed by atoms with Gasteiger partial charge in [0, 0.05) is 51.4 Å². The highest BCUT2D eigenvalue weighted by atomic mass is 16.5. The summed E-state index contributed by atoms with van der Waals surface area (Å²) in [5.41, 5.74) is 2.81. The van der Waals surface area contributed by atoms with E-state index in [4.69, 9.17) is 4.74 Å². The van der Waals surface area contributed by atoms with Gasteiger partial charge in [0.05, 0.1) is 6.54 Å². The maximum atomic E-state index is 5.15. The second-order valence-corrected chi connectivity index (χ2v) is 7.81. The third-order valence-corrected chi connectivity index (χ3v) is 5.76. The summed E-state index contributed by atoms with van der Waals surface area (Å²) in [5.74, 6) is 2.64. The minimum atomic E-state index is 0.286. The molecule has 0 amide bonds. The number of para-hydroxylation sites is 1. The third kappa shape index (κ3) is 4.37. The van der Waals surface area contributed by atoms with Crippen LogP contribution in [0.5, 0.6) is 0 Å². The van der Waals surface area contributed by atoms with Gasteiger partial charge in [-0.3, -0.25) is 4.99 Å². The number of benzene rings is 1. The minimum Gasteiger partial charge on any atom is -0.377 e. The van der Waals surface area contributed by atoms with Gasteiger partial charge in [-0.1, -0.05) is 18.2 Å². The van der Waals surface area contributed by atoms with Crippen LogP contribution in [-0.4, -0.2) is 60.1 Å². The van der Waals surface area contributed by atoms with Crippen LogP contribution in [0.4, 0.5) is 5.69 Å². The van der Waals surface area contributed by atoms with E-state index in [1.807, 2.05) is 11.7 Å². The summed E-state index contributed by atoms with van der Waals surface area (Å²) in [6, 6.07) is 9.38. The Labute approximate surface area is 172 Å². The highest BCUT2D eigenvalue weighted by molar-refractivity contribution is 5.80. The average Bonchev–Trinajstić information content (AvgIpc) is 3.34. The molecule has 2 aliphatic heterocycles. The van der Waals surface area contributed by atoms with Crippen molar-refractivity contribution in [3.05, 3.63) is 41.5 Å². The molecule has 4 rings (SSSR count). The molecule has 0 bridgehead atoms. The predicted molar refractivity (Wildman–Crippen MR) is 114 cm³/mol. The van der Waals surface area contributed by atoms with Crippen LogP contribution in [0.2, 0.25) is 0 Å². The number of fused-ring (bicyclic) bond motifs is 2. The van der Waals surface area contributed by atoms with Gasteiger partial charge in [-0.25, -0.2) is 9.67 Å². The van der Waals surface area contributed by atoms with Gasteiger partial charge in [-0.2, -0.15) is 5.10 Å². The molecule has 8 heteroatoms. The van der Waals surface area contributed by atoms with E-state index in [2.05, 4.69) is 61.8 Å². The normalized spacial score (nSPS) is 19.6. The number of aliphatic imine (C=N–C) groups is 1. The lowest BCUT2D eigenvalue weighted by Gasteiger charge is -2.29. The number of hydrogen-bond acceptors (Lipinski definition) is 5. The molecule has 156 valence electrons. The van der Waals surface area contributed by atoms with Gasteiger partial charge < -0.3 is 20.3 Å². The van der Waals surface area contributed by atoms with Crippen molar-refractivity contribution in [1.82, 2.24) is 25.4 Å². The fraction of sp³-hybridized carbons (Fsp3) is 0.571. The smallest absolute Gasteiger partial charge is 0.191 e. The first-order chi connectivity index (χ1) is 14.2. The Morgan fingerprint density at radius 3 is 3.03 bits per heavy atom. The fourth-order valence-corrected chi connectivity index (χ4v) is 4.23. The Hall–Kier alpha value is -2.61. The molecule has 2 N–H and O–H groups in total. The largest absolute Gasteiger partial charge is 0.377 e. The Kier molecular flexibility index (Phi) is 5.99. The van der Waals surface area contributed by atoms with E-state index in [1.165, 1.54) is 11.3 Å². The molecule has 2 atom stereocenters. The molecule has 1 aromatic heterocycles. The second kappa shape index (κ2) is 8.82. The standard InChI is InChI=1S/C21H31N7O/c1-15(27-11-10-16-6-4-5-7-18(16)27)12-23-21(22-2)24-17-8-9-20-25-19(14-29-3)26-28(20)13-17/h4-7,15,17H,8-14H2,1-3H3,(H2,22,23,24). The van der Waals surface area contributed by atoms with Crippen molar-refractivity contribution in [1.29, 1.82) is 0 Å². The summed E-state index contributed by atoms with van der Waals surface area (Å²) in [7, 11) is 3.49. The van der Waals surface area contributed by atoms with Crippen molar-refractivity contribution in [2.24, 2.45) is 4.99 Å². The van der Waals surface area contributed by atoms with Gasteiger partial charge in [0.2, 0.25) is 0 Å². The van der Waals surface area contributed by atoms with Gasteiger partial charge in [-0.15, -0.1) is 0 Å². The molecule has 0 spiro atoms. The lowest BCUT2D eigenvalue weighted by molar-refractivity contribution is 0.177. The Morgan fingerprint density at radius 2 is 2.21 bits per heavy atom. The summed E-state index contributed by atoms with van der Waals surface area (Å²) >= 11 is 0. The Bertz CT molecular complexity index is 862. The number of aryl methyl sites for hydroxylation is 1. The molecule has 0 saturated carbocycles. The Morgan fingerprint density at radius 1 is 1.34 bits per heavy atom. The zero-order valence-corrected chi connectivity index (χ0v) is 17.6. The van der Waals surface area contributed by atoms with Gasteiger partial charge in [0.25, 0.3) is 0 Å². The average molecular weight is 398 g/mol. The van der Waals surface area contributed by atoms with Crippen molar-refractivity contribution in [2.45, 2.75) is 51.4 Å². The van der Waals surface area contributed by atoms with E-state index in [9.17, 15) is 0 Å². The van der Waals surface area contributed by atoms with E-state index >= 15 is 0 Å². The van der Waals surface area contributed by atoms with E-state index < -0.39 is 0 Å². The molecule has 3 heterocycles. The van der Waals surface area contributed by atoms with Crippen LogP contribution in [0.3, 0.4) is 0 Å². The molecule has 0 fully saturated rings. The van der Waals surface area contributed by atoms with Crippen LogP contribution in [0.25, 0.3) is 0 Å². The number of methoxy groups -OCH3 is 1. The number of guanidine groups is 1. The maximum absolute atomic E-state index is 5.15. The summed E-state index contributed by atoms with van der Waals surface area (Å²) in [6.45, 7) is 5.44. The number of ether oxygens (including phenoxy) is 1. The number of nitrogens with zero attached hydrogens (tertiary/aromatic N) is 5.